The molecule has 1 aromatic heterocycles. The first-order valence-corrected chi connectivity index (χ1v) is 6.13. The highest BCUT2D eigenvalue weighted by atomic mass is 15.1. The van der Waals surface area contributed by atoms with Gasteiger partial charge in [0, 0.05) is 31.4 Å². The van der Waals surface area contributed by atoms with E-state index in [1.54, 1.807) is 0 Å². The SMILES string of the molecule is CCn1ccnc1CC(CC(C)(C)C)NC. The van der Waals surface area contributed by atoms with E-state index < -0.39 is 0 Å². The fourth-order valence-corrected chi connectivity index (χ4v) is 2.05. The molecule has 0 aromatic carbocycles. The summed E-state index contributed by atoms with van der Waals surface area (Å²) < 4.78 is 2.22. The van der Waals surface area contributed by atoms with E-state index in [2.05, 4.69) is 48.8 Å². The van der Waals surface area contributed by atoms with E-state index in [0.717, 1.165) is 13.0 Å². The number of aryl methyl sites for hydroxylation is 1. The molecule has 0 radical (unpaired) electrons. The standard InChI is InChI=1S/C13H25N3/c1-6-16-8-7-15-12(16)9-11(14-5)10-13(2,3)4/h7-8,11,14H,6,9-10H2,1-5H3. The number of rotatable bonds is 5. The summed E-state index contributed by atoms with van der Waals surface area (Å²) in [4.78, 5) is 4.43. The zero-order chi connectivity index (χ0) is 12.2. The number of imidazole rings is 1. The summed E-state index contributed by atoms with van der Waals surface area (Å²) in [5, 5.41) is 3.39. The topological polar surface area (TPSA) is 29.9 Å². The van der Waals surface area contributed by atoms with Gasteiger partial charge in [0.25, 0.3) is 0 Å². The molecule has 92 valence electrons. The number of aromatic nitrogens is 2. The van der Waals surface area contributed by atoms with Crippen molar-refractivity contribution in [2.45, 2.75) is 53.1 Å². The second-order valence-electron chi connectivity index (χ2n) is 5.58. The molecular weight excluding hydrogens is 198 g/mol. The lowest BCUT2D eigenvalue weighted by Gasteiger charge is -2.25. The van der Waals surface area contributed by atoms with E-state index in [1.165, 1.54) is 12.2 Å². The molecule has 0 bridgehead atoms. The molecule has 0 aliphatic carbocycles. The zero-order valence-corrected chi connectivity index (χ0v) is 11.2. The van der Waals surface area contributed by atoms with Gasteiger partial charge in [-0.25, -0.2) is 4.98 Å². The zero-order valence-electron chi connectivity index (χ0n) is 11.2. The molecule has 1 atom stereocenters. The van der Waals surface area contributed by atoms with E-state index in [-0.39, 0.29) is 0 Å². The van der Waals surface area contributed by atoms with Gasteiger partial charge < -0.3 is 9.88 Å². The predicted octanol–water partition coefficient (Wildman–Crippen LogP) is 2.47. The molecule has 0 amide bonds. The fourth-order valence-electron chi connectivity index (χ4n) is 2.05. The Bertz CT molecular complexity index is 309. The van der Waals surface area contributed by atoms with Crippen LogP contribution in [0.5, 0.6) is 0 Å². The van der Waals surface area contributed by atoms with Crippen LogP contribution in [0.15, 0.2) is 12.4 Å². The maximum absolute atomic E-state index is 4.43. The molecule has 0 aliphatic rings. The van der Waals surface area contributed by atoms with Crippen LogP contribution in [0, 0.1) is 5.41 Å². The Balaban J connectivity index is 2.63. The van der Waals surface area contributed by atoms with Crippen molar-refractivity contribution in [2.75, 3.05) is 7.05 Å². The van der Waals surface area contributed by atoms with Crippen molar-refractivity contribution in [3.8, 4) is 0 Å². The molecule has 0 saturated carbocycles. The predicted molar refractivity (Wildman–Crippen MR) is 68.5 cm³/mol. The molecule has 1 heterocycles. The molecule has 1 N–H and O–H groups in total. The van der Waals surface area contributed by atoms with Gasteiger partial charge in [-0.05, 0) is 25.8 Å². The van der Waals surface area contributed by atoms with Crippen molar-refractivity contribution in [1.82, 2.24) is 14.9 Å². The Kier molecular flexibility index (Phi) is 4.54. The largest absolute Gasteiger partial charge is 0.335 e. The summed E-state index contributed by atoms with van der Waals surface area (Å²) in [5.74, 6) is 1.19. The maximum Gasteiger partial charge on any atom is 0.110 e. The molecule has 0 fully saturated rings. The first kappa shape index (κ1) is 13.2. The van der Waals surface area contributed by atoms with Gasteiger partial charge in [-0.3, -0.25) is 0 Å². The number of hydrogen-bond donors (Lipinski definition) is 1. The van der Waals surface area contributed by atoms with Crippen LogP contribution < -0.4 is 5.32 Å². The molecule has 0 spiro atoms. The van der Waals surface area contributed by atoms with Crippen molar-refractivity contribution in [3.63, 3.8) is 0 Å². The molecule has 3 nitrogen and oxygen atoms in total. The quantitative estimate of drug-likeness (QED) is 0.831. The average molecular weight is 223 g/mol. The minimum atomic E-state index is 0.358. The highest BCUT2D eigenvalue weighted by Crippen LogP contribution is 2.22. The average Bonchev–Trinajstić information content (AvgIpc) is 2.62. The van der Waals surface area contributed by atoms with E-state index in [9.17, 15) is 0 Å². The molecule has 1 aromatic rings. The van der Waals surface area contributed by atoms with Crippen LogP contribution in [0.3, 0.4) is 0 Å². The molecule has 1 unspecified atom stereocenters. The third-order valence-electron chi connectivity index (χ3n) is 2.84. The summed E-state index contributed by atoms with van der Waals surface area (Å²) in [5.41, 5.74) is 0.358. The van der Waals surface area contributed by atoms with Gasteiger partial charge in [-0.1, -0.05) is 20.8 Å². The highest BCUT2D eigenvalue weighted by molar-refractivity contribution is 4.96. The second kappa shape index (κ2) is 5.48. The van der Waals surface area contributed by atoms with E-state index in [4.69, 9.17) is 0 Å². The minimum absolute atomic E-state index is 0.358. The van der Waals surface area contributed by atoms with Crippen LogP contribution in [0.25, 0.3) is 0 Å². The van der Waals surface area contributed by atoms with Gasteiger partial charge >= 0.3 is 0 Å². The van der Waals surface area contributed by atoms with Gasteiger partial charge in [0.15, 0.2) is 0 Å². The highest BCUT2D eigenvalue weighted by Gasteiger charge is 2.19. The first-order valence-electron chi connectivity index (χ1n) is 6.13. The van der Waals surface area contributed by atoms with E-state index in [0.29, 0.717) is 11.5 Å². The van der Waals surface area contributed by atoms with Gasteiger partial charge in [0.1, 0.15) is 5.82 Å². The summed E-state index contributed by atoms with van der Waals surface area (Å²) in [7, 11) is 2.04. The molecule has 0 aliphatic heterocycles. The molecule has 16 heavy (non-hydrogen) atoms. The summed E-state index contributed by atoms with van der Waals surface area (Å²) >= 11 is 0. The number of hydrogen-bond acceptors (Lipinski definition) is 2. The number of nitrogens with one attached hydrogen (secondary N) is 1. The van der Waals surface area contributed by atoms with Crippen LogP contribution in [-0.2, 0) is 13.0 Å². The monoisotopic (exact) mass is 223 g/mol. The fraction of sp³-hybridized carbons (Fsp3) is 0.769. The Hall–Kier alpha value is -0.830. The minimum Gasteiger partial charge on any atom is -0.335 e. The van der Waals surface area contributed by atoms with Crippen molar-refractivity contribution in [2.24, 2.45) is 5.41 Å². The second-order valence-corrected chi connectivity index (χ2v) is 5.58. The third-order valence-corrected chi connectivity index (χ3v) is 2.84. The lowest BCUT2D eigenvalue weighted by molar-refractivity contribution is 0.312. The Morgan fingerprint density at radius 2 is 2.12 bits per heavy atom. The maximum atomic E-state index is 4.43. The van der Waals surface area contributed by atoms with Crippen LogP contribution in [0.1, 0.15) is 39.9 Å². The normalized spacial score (nSPS) is 14.1. The summed E-state index contributed by atoms with van der Waals surface area (Å²) in [6, 6.07) is 0.507. The van der Waals surface area contributed by atoms with E-state index >= 15 is 0 Å². The molecular formula is C13H25N3. The van der Waals surface area contributed by atoms with Crippen LogP contribution in [-0.4, -0.2) is 22.6 Å². The summed E-state index contributed by atoms with van der Waals surface area (Å²) in [6.45, 7) is 10.0. The van der Waals surface area contributed by atoms with Crippen molar-refractivity contribution >= 4 is 0 Å². The molecule has 3 heteroatoms. The third kappa shape index (κ3) is 3.97. The van der Waals surface area contributed by atoms with E-state index in [1.807, 2.05) is 13.2 Å². The van der Waals surface area contributed by atoms with Crippen molar-refractivity contribution in [3.05, 3.63) is 18.2 Å². The number of nitrogens with zero attached hydrogens (tertiary/aromatic N) is 2. The lowest BCUT2D eigenvalue weighted by atomic mass is 9.87. The van der Waals surface area contributed by atoms with Crippen LogP contribution >= 0.6 is 0 Å². The molecule has 1 rings (SSSR count). The van der Waals surface area contributed by atoms with Gasteiger partial charge in [0.2, 0.25) is 0 Å². The van der Waals surface area contributed by atoms with Gasteiger partial charge in [-0.2, -0.15) is 0 Å². The van der Waals surface area contributed by atoms with Gasteiger partial charge in [0.05, 0.1) is 0 Å². The first-order chi connectivity index (χ1) is 7.46. The lowest BCUT2D eigenvalue weighted by Crippen LogP contribution is -2.33. The Labute approximate surface area is 99.3 Å². The molecule has 0 saturated heterocycles. The van der Waals surface area contributed by atoms with Crippen LogP contribution in [0.4, 0.5) is 0 Å². The van der Waals surface area contributed by atoms with Gasteiger partial charge in [-0.15, -0.1) is 0 Å². The Morgan fingerprint density at radius 1 is 1.44 bits per heavy atom. The van der Waals surface area contributed by atoms with Crippen LogP contribution in [0.2, 0.25) is 0 Å². The smallest absolute Gasteiger partial charge is 0.110 e. The van der Waals surface area contributed by atoms with Crippen molar-refractivity contribution < 1.29 is 0 Å². The Morgan fingerprint density at radius 3 is 2.62 bits per heavy atom. The van der Waals surface area contributed by atoms with Crippen molar-refractivity contribution in [1.29, 1.82) is 0 Å². The number of likely N-dealkylation sites (N-methyl/N-ethyl adjacent to an activating group) is 1. The summed E-state index contributed by atoms with van der Waals surface area (Å²) in [6.07, 6.45) is 6.12.